The minimum absolute atomic E-state index is 0.144. The Labute approximate surface area is 90.7 Å². The molecular weight excluding hydrogens is 184 g/mol. The molecule has 0 aliphatic heterocycles. The van der Waals surface area contributed by atoms with E-state index < -0.39 is 0 Å². The first-order chi connectivity index (χ1) is 6.91. The number of nitrogens with one attached hydrogen (secondary N) is 1. The van der Waals surface area contributed by atoms with Crippen LogP contribution in [-0.4, -0.2) is 10.2 Å². The van der Waals surface area contributed by atoms with E-state index in [0.717, 1.165) is 11.2 Å². The van der Waals surface area contributed by atoms with E-state index in [9.17, 15) is 0 Å². The number of hydrogen-bond donors (Lipinski definition) is 1. The van der Waals surface area contributed by atoms with Crippen molar-refractivity contribution in [3.8, 4) is 0 Å². The van der Waals surface area contributed by atoms with Crippen molar-refractivity contribution in [3.63, 3.8) is 0 Å². The summed E-state index contributed by atoms with van der Waals surface area (Å²) in [7, 11) is 0. The van der Waals surface area contributed by atoms with E-state index in [1.165, 1.54) is 16.5 Å². The molecule has 0 radical (unpaired) electrons. The summed E-state index contributed by atoms with van der Waals surface area (Å²) in [5, 5.41) is 8.73. The van der Waals surface area contributed by atoms with Gasteiger partial charge in [0, 0.05) is 11.1 Å². The van der Waals surface area contributed by atoms with E-state index in [2.05, 4.69) is 56.9 Å². The zero-order valence-electron chi connectivity index (χ0n) is 10.1. The van der Waals surface area contributed by atoms with Crippen molar-refractivity contribution in [2.24, 2.45) is 0 Å². The molecule has 2 aromatic rings. The van der Waals surface area contributed by atoms with Gasteiger partial charge in [0.05, 0.1) is 5.52 Å². The summed E-state index contributed by atoms with van der Waals surface area (Å²) in [4.78, 5) is 0. The molecule has 2 rings (SSSR count). The second-order valence-corrected chi connectivity index (χ2v) is 5.25. The maximum atomic E-state index is 4.42. The second kappa shape index (κ2) is 3.09. The molecule has 2 nitrogen and oxygen atoms in total. The average Bonchev–Trinajstić information content (AvgIpc) is 2.45. The first kappa shape index (κ1) is 10.2. The Morgan fingerprint density at radius 2 is 1.80 bits per heavy atom. The maximum absolute atomic E-state index is 4.42. The van der Waals surface area contributed by atoms with Gasteiger partial charge in [0.1, 0.15) is 0 Å². The summed E-state index contributed by atoms with van der Waals surface area (Å²) < 4.78 is 0. The van der Waals surface area contributed by atoms with Gasteiger partial charge < -0.3 is 0 Å². The molecule has 0 aliphatic carbocycles. The molecule has 1 heterocycles. The van der Waals surface area contributed by atoms with Crippen LogP contribution in [0.15, 0.2) is 12.1 Å². The van der Waals surface area contributed by atoms with E-state index in [-0.39, 0.29) is 5.41 Å². The van der Waals surface area contributed by atoms with Crippen LogP contribution in [0.4, 0.5) is 0 Å². The lowest BCUT2D eigenvalue weighted by molar-refractivity contribution is 0.590. The number of fused-ring (bicyclic) bond motifs is 1. The fourth-order valence-electron chi connectivity index (χ4n) is 2.26. The third kappa shape index (κ3) is 1.54. The first-order valence-electron chi connectivity index (χ1n) is 5.36. The summed E-state index contributed by atoms with van der Waals surface area (Å²) in [5.41, 5.74) is 5.09. The number of benzene rings is 1. The smallest absolute Gasteiger partial charge is 0.0963 e. The van der Waals surface area contributed by atoms with E-state index in [0.29, 0.717) is 0 Å². The van der Waals surface area contributed by atoms with Crippen LogP contribution in [0.2, 0.25) is 0 Å². The topological polar surface area (TPSA) is 28.7 Å². The fourth-order valence-corrected chi connectivity index (χ4v) is 2.26. The maximum Gasteiger partial charge on any atom is 0.0963 e. The molecule has 1 N–H and O–H groups in total. The summed E-state index contributed by atoms with van der Waals surface area (Å²) in [6.07, 6.45) is 0. The highest BCUT2D eigenvalue weighted by Gasteiger charge is 2.21. The predicted octanol–water partition coefficient (Wildman–Crippen LogP) is 3.48. The van der Waals surface area contributed by atoms with Gasteiger partial charge >= 0.3 is 0 Å². The number of aryl methyl sites for hydroxylation is 2. The molecule has 15 heavy (non-hydrogen) atoms. The quantitative estimate of drug-likeness (QED) is 0.696. The monoisotopic (exact) mass is 202 g/mol. The second-order valence-electron chi connectivity index (χ2n) is 5.25. The van der Waals surface area contributed by atoms with Crippen LogP contribution in [0.3, 0.4) is 0 Å². The molecule has 0 aliphatic rings. The number of H-pyrrole nitrogens is 1. The molecule has 0 atom stereocenters. The molecule has 0 spiro atoms. The number of rotatable bonds is 0. The molecule has 80 valence electrons. The Balaban J connectivity index is 2.87. The van der Waals surface area contributed by atoms with Crippen molar-refractivity contribution < 1.29 is 0 Å². The van der Waals surface area contributed by atoms with Crippen molar-refractivity contribution in [1.29, 1.82) is 0 Å². The van der Waals surface area contributed by atoms with E-state index in [1.54, 1.807) is 0 Å². The number of aromatic amines is 1. The fraction of sp³-hybridized carbons (Fsp3) is 0.462. The lowest BCUT2D eigenvalue weighted by atomic mass is 9.82. The minimum Gasteiger partial charge on any atom is -0.282 e. The van der Waals surface area contributed by atoms with Crippen LogP contribution >= 0.6 is 0 Å². The Kier molecular flexibility index (Phi) is 2.10. The van der Waals surface area contributed by atoms with Crippen LogP contribution in [0.1, 0.15) is 37.6 Å². The standard InChI is InChI=1S/C13H18N2/c1-8-6-7-10-9(2)14-15-12(10)11(8)13(3,4)5/h6-7H,1-5H3,(H,14,15). The lowest BCUT2D eigenvalue weighted by Gasteiger charge is -2.21. The molecule has 0 bridgehead atoms. The van der Waals surface area contributed by atoms with Crippen LogP contribution in [-0.2, 0) is 5.41 Å². The summed E-state index contributed by atoms with van der Waals surface area (Å²) in [6, 6.07) is 4.34. The van der Waals surface area contributed by atoms with Crippen LogP contribution < -0.4 is 0 Å². The molecule has 0 amide bonds. The Morgan fingerprint density at radius 3 is 2.40 bits per heavy atom. The Hall–Kier alpha value is -1.31. The van der Waals surface area contributed by atoms with E-state index >= 15 is 0 Å². The van der Waals surface area contributed by atoms with Gasteiger partial charge in [-0.25, -0.2) is 0 Å². The summed E-state index contributed by atoms with van der Waals surface area (Å²) in [5.74, 6) is 0. The molecule has 0 fully saturated rings. The molecular formula is C13H18N2. The zero-order chi connectivity index (χ0) is 11.2. The predicted molar refractivity (Wildman–Crippen MR) is 64.3 cm³/mol. The number of aromatic nitrogens is 2. The highest BCUT2D eigenvalue weighted by Crippen LogP contribution is 2.32. The Morgan fingerprint density at radius 1 is 1.13 bits per heavy atom. The van der Waals surface area contributed by atoms with Gasteiger partial charge in [-0.15, -0.1) is 0 Å². The minimum atomic E-state index is 0.144. The normalized spacial score (nSPS) is 12.3. The highest BCUT2D eigenvalue weighted by atomic mass is 15.1. The van der Waals surface area contributed by atoms with Gasteiger partial charge in [-0.3, -0.25) is 5.10 Å². The molecule has 0 unspecified atom stereocenters. The third-order valence-corrected chi connectivity index (χ3v) is 2.88. The summed E-state index contributed by atoms with van der Waals surface area (Å²) in [6.45, 7) is 10.9. The van der Waals surface area contributed by atoms with Crippen molar-refractivity contribution in [3.05, 3.63) is 29.0 Å². The van der Waals surface area contributed by atoms with E-state index in [1.807, 2.05) is 0 Å². The highest BCUT2D eigenvalue weighted by molar-refractivity contribution is 5.86. The number of hydrogen-bond acceptors (Lipinski definition) is 1. The molecule has 1 aromatic carbocycles. The SMILES string of the molecule is Cc1ccc2c(C)[nH]nc2c1C(C)(C)C. The van der Waals surface area contributed by atoms with Crippen molar-refractivity contribution >= 4 is 10.9 Å². The van der Waals surface area contributed by atoms with Gasteiger partial charge in [0.2, 0.25) is 0 Å². The molecule has 0 saturated carbocycles. The van der Waals surface area contributed by atoms with Gasteiger partial charge in [-0.05, 0) is 30.4 Å². The molecule has 0 saturated heterocycles. The van der Waals surface area contributed by atoms with Gasteiger partial charge in [0.15, 0.2) is 0 Å². The van der Waals surface area contributed by atoms with Crippen molar-refractivity contribution in [2.75, 3.05) is 0 Å². The Bertz CT molecular complexity index is 501. The average molecular weight is 202 g/mol. The molecule has 1 aromatic heterocycles. The first-order valence-corrected chi connectivity index (χ1v) is 5.36. The van der Waals surface area contributed by atoms with Crippen molar-refractivity contribution in [2.45, 2.75) is 40.0 Å². The van der Waals surface area contributed by atoms with E-state index in [4.69, 9.17) is 0 Å². The largest absolute Gasteiger partial charge is 0.282 e. The lowest BCUT2D eigenvalue weighted by Crippen LogP contribution is -2.13. The third-order valence-electron chi connectivity index (χ3n) is 2.88. The van der Waals surface area contributed by atoms with Gasteiger partial charge in [-0.1, -0.05) is 32.9 Å². The van der Waals surface area contributed by atoms with Crippen LogP contribution in [0.25, 0.3) is 10.9 Å². The van der Waals surface area contributed by atoms with Gasteiger partial charge in [0.25, 0.3) is 0 Å². The van der Waals surface area contributed by atoms with Crippen molar-refractivity contribution in [1.82, 2.24) is 10.2 Å². The summed E-state index contributed by atoms with van der Waals surface area (Å²) >= 11 is 0. The van der Waals surface area contributed by atoms with Gasteiger partial charge in [-0.2, -0.15) is 5.10 Å². The van der Waals surface area contributed by atoms with Crippen LogP contribution in [0, 0.1) is 13.8 Å². The molecule has 2 heteroatoms. The van der Waals surface area contributed by atoms with Crippen LogP contribution in [0.5, 0.6) is 0 Å². The zero-order valence-corrected chi connectivity index (χ0v) is 10.1. The number of nitrogens with zero attached hydrogens (tertiary/aromatic N) is 1.